The summed E-state index contributed by atoms with van der Waals surface area (Å²) in [5.74, 6) is -0.201. The van der Waals surface area contributed by atoms with Crippen LogP contribution in [0.5, 0.6) is 5.75 Å². The molecular formula is C14H11ClFN3O3S. The Morgan fingerprint density at radius 2 is 2.04 bits per heavy atom. The Morgan fingerprint density at radius 1 is 1.30 bits per heavy atom. The van der Waals surface area contributed by atoms with Gasteiger partial charge in [0.25, 0.3) is 5.69 Å². The highest BCUT2D eigenvalue weighted by Crippen LogP contribution is 2.29. The Kier molecular flexibility index (Phi) is 5.30. The van der Waals surface area contributed by atoms with Crippen LogP contribution in [-0.2, 0) is 0 Å². The minimum absolute atomic E-state index is 0.0618. The van der Waals surface area contributed by atoms with E-state index in [1.54, 1.807) is 6.07 Å². The van der Waals surface area contributed by atoms with Gasteiger partial charge < -0.3 is 15.4 Å². The average molecular weight is 356 g/mol. The van der Waals surface area contributed by atoms with Gasteiger partial charge in [-0.1, -0.05) is 11.6 Å². The molecule has 9 heteroatoms. The molecule has 120 valence electrons. The molecule has 6 nitrogen and oxygen atoms in total. The molecule has 0 unspecified atom stereocenters. The van der Waals surface area contributed by atoms with Gasteiger partial charge in [0.1, 0.15) is 17.3 Å². The summed E-state index contributed by atoms with van der Waals surface area (Å²) in [6.07, 6.45) is 0. The number of ether oxygens (including phenoxy) is 1. The summed E-state index contributed by atoms with van der Waals surface area (Å²) in [5.41, 5.74) is 0.456. The maximum atomic E-state index is 13.1. The van der Waals surface area contributed by atoms with E-state index >= 15 is 0 Å². The molecule has 0 heterocycles. The number of nitrogens with one attached hydrogen (secondary N) is 2. The lowest BCUT2D eigenvalue weighted by Crippen LogP contribution is -2.19. The number of halogens is 2. The lowest BCUT2D eigenvalue weighted by Gasteiger charge is -2.11. The van der Waals surface area contributed by atoms with Gasteiger partial charge in [0, 0.05) is 5.69 Å². The quantitative estimate of drug-likeness (QED) is 0.486. The topological polar surface area (TPSA) is 76.4 Å². The van der Waals surface area contributed by atoms with Crippen LogP contribution >= 0.6 is 23.8 Å². The van der Waals surface area contributed by atoms with Crippen molar-refractivity contribution in [2.24, 2.45) is 0 Å². The van der Waals surface area contributed by atoms with Gasteiger partial charge in [0.15, 0.2) is 5.11 Å². The van der Waals surface area contributed by atoms with Crippen molar-refractivity contribution in [2.75, 3.05) is 17.7 Å². The minimum atomic E-state index is -0.554. The number of anilines is 2. The van der Waals surface area contributed by atoms with Crippen molar-refractivity contribution >= 4 is 46.0 Å². The number of nitro benzene ring substituents is 1. The molecule has 23 heavy (non-hydrogen) atoms. The Morgan fingerprint density at radius 3 is 2.65 bits per heavy atom. The predicted molar refractivity (Wildman–Crippen MR) is 90.9 cm³/mol. The average Bonchev–Trinajstić information content (AvgIpc) is 2.51. The summed E-state index contributed by atoms with van der Waals surface area (Å²) in [4.78, 5) is 10.5. The first-order valence-electron chi connectivity index (χ1n) is 6.26. The molecule has 2 aromatic carbocycles. The van der Waals surface area contributed by atoms with E-state index in [9.17, 15) is 14.5 Å². The van der Waals surface area contributed by atoms with Crippen LogP contribution in [0.2, 0.25) is 5.02 Å². The summed E-state index contributed by atoms with van der Waals surface area (Å²) >= 11 is 10.8. The zero-order chi connectivity index (χ0) is 17.0. The van der Waals surface area contributed by atoms with Gasteiger partial charge in [-0.05, 0) is 42.5 Å². The maximum absolute atomic E-state index is 13.1. The number of methoxy groups -OCH3 is 1. The van der Waals surface area contributed by atoms with E-state index in [-0.39, 0.29) is 21.5 Å². The zero-order valence-electron chi connectivity index (χ0n) is 11.8. The van der Waals surface area contributed by atoms with Crippen LogP contribution in [0.3, 0.4) is 0 Å². The fourth-order valence-electron chi connectivity index (χ4n) is 1.75. The summed E-state index contributed by atoms with van der Waals surface area (Å²) in [6, 6.07) is 8.29. The first kappa shape index (κ1) is 16.9. The SMILES string of the molecule is COc1ccc(NC(=S)Nc2ccc(F)c(Cl)c2)c([N+](=O)[O-])c1. The molecule has 0 amide bonds. The highest BCUT2D eigenvalue weighted by Gasteiger charge is 2.16. The van der Waals surface area contributed by atoms with Gasteiger partial charge >= 0.3 is 0 Å². The van der Waals surface area contributed by atoms with Crippen LogP contribution in [0, 0.1) is 15.9 Å². The summed E-state index contributed by atoms with van der Waals surface area (Å²) < 4.78 is 18.1. The number of rotatable bonds is 4. The Balaban J connectivity index is 2.16. The van der Waals surface area contributed by atoms with E-state index in [4.69, 9.17) is 28.6 Å². The highest BCUT2D eigenvalue weighted by molar-refractivity contribution is 7.80. The molecule has 2 N–H and O–H groups in total. The first-order valence-corrected chi connectivity index (χ1v) is 7.05. The molecule has 0 aromatic heterocycles. The molecule has 2 rings (SSSR count). The van der Waals surface area contributed by atoms with Gasteiger partial charge in [-0.2, -0.15) is 0 Å². The Bertz CT molecular complexity index is 773. The standard InChI is InChI=1S/C14H11ClFN3O3S/c1-22-9-3-5-12(13(7-9)19(20)21)18-14(23)17-8-2-4-11(16)10(15)6-8/h2-7H,1H3,(H2,17,18,23). The number of hydrogen-bond donors (Lipinski definition) is 2. The first-order chi connectivity index (χ1) is 10.9. The smallest absolute Gasteiger partial charge is 0.296 e. The number of nitrogens with zero attached hydrogens (tertiary/aromatic N) is 1. The molecule has 0 spiro atoms. The Hall–Kier alpha value is -2.45. The maximum Gasteiger partial charge on any atom is 0.296 e. The second-order valence-electron chi connectivity index (χ2n) is 4.35. The number of nitro groups is 1. The van der Waals surface area contributed by atoms with E-state index in [0.717, 1.165) is 0 Å². The van der Waals surface area contributed by atoms with Crippen molar-refractivity contribution in [3.8, 4) is 5.75 Å². The van der Waals surface area contributed by atoms with Crippen molar-refractivity contribution < 1.29 is 14.1 Å². The summed E-state index contributed by atoms with van der Waals surface area (Å²) in [7, 11) is 1.41. The van der Waals surface area contributed by atoms with Crippen LogP contribution in [0.15, 0.2) is 36.4 Å². The fraction of sp³-hybridized carbons (Fsp3) is 0.0714. The van der Waals surface area contributed by atoms with Crippen LogP contribution in [0.4, 0.5) is 21.5 Å². The fourth-order valence-corrected chi connectivity index (χ4v) is 2.16. The van der Waals surface area contributed by atoms with Crippen molar-refractivity contribution in [3.05, 3.63) is 57.4 Å². The molecule has 0 aliphatic rings. The van der Waals surface area contributed by atoms with Crippen LogP contribution in [0.25, 0.3) is 0 Å². The van der Waals surface area contributed by atoms with Crippen LogP contribution < -0.4 is 15.4 Å². The minimum Gasteiger partial charge on any atom is -0.496 e. The Labute approximate surface area is 141 Å². The second kappa shape index (κ2) is 7.21. The third kappa shape index (κ3) is 4.27. The van der Waals surface area contributed by atoms with Crippen molar-refractivity contribution in [1.29, 1.82) is 0 Å². The predicted octanol–water partition coefficient (Wildman–Crippen LogP) is 4.20. The molecule has 0 bridgehead atoms. The summed E-state index contributed by atoms with van der Waals surface area (Å²) in [6.45, 7) is 0. The molecule has 0 saturated heterocycles. The van der Waals surface area contributed by atoms with Crippen molar-refractivity contribution in [1.82, 2.24) is 0 Å². The van der Waals surface area contributed by atoms with Gasteiger partial charge in [-0.15, -0.1) is 0 Å². The number of hydrogen-bond acceptors (Lipinski definition) is 4. The van der Waals surface area contributed by atoms with E-state index < -0.39 is 10.7 Å². The normalized spacial score (nSPS) is 10.0. The molecule has 0 radical (unpaired) electrons. The molecule has 0 aliphatic carbocycles. The van der Waals surface area contributed by atoms with E-state index in [2.05, 4.69) is 10.6 Å². The number of benzene rings is 2. The van der Waals surface area contributed by atoms with Crippen molar-refractivity contribution in [3.63, 3.8) is 0 Å². The largest absolute Gasteiger partial charge is 0.496 e. The molecule has 0 saturated carbocycles. The van der Waals surface area contributed by atoms with Gasteiger partial charge in [0.05, 0.1) is 23.1 Å². The lowest BCUT2D eigenvalue weighted by atomic mass is 10.2. The van der Waals surface area contributed by atoms with Crippen LogP contribution in [-0.4, -0.2) is 17.1 Å². The van der Waals surface area contributed by atoms with Crippen molar-refractivity contribution in [2.45, 2.75) is 0 Å². The molecule has 2 aromatic rings. The van der Waals surface area contributed by atoms with E-state index in [1.165, 1.54) is 37.4 Å². The van der Waals surface area contributed by atoms with E-state index in [0.29, 0.717) is 11.4 Å². The molecule has 0 aliphatic heterocycles. The monoisotopic (exact) mass is 355 g/mol. The molecular weight excluding hydrogens is 345 g/mol. The summed E-state index contributed by atoms with van der Waals surface area (Å²) in [5, 5.41) is 16.6. The third-order valence-electron chi connectivity index (χ3n) is 2.83. The third-order valence-corrected chi connectivity index (χ3v) is 3.32. The zero-order valence-corrected chi connectivity index (χ0v) is 13.4. The molecule has 0 atom stereocenters. The lowest BCUT2D eigenvalue weighted by molar-refractivity contribution is -0.384. The van der Waals surface area contributed by atoms with Gasteiger partial charge in [-0.25, -0.2) is 4.39 Å². The highest BCUT2D eigenvalue weighted by atomic mass is 35.5. The second-order valence-corrected chi connectivity index (χ2v) is 5.16. The van der Waals surface area contributed by atoms with Gasteiger partial charge in [0.2, 0.25) is 0 Å². The van der Waals surface area contributed by atoms with E-state index in [1.807, 2.05) is 0 Å². The molecule has 0 fully saturated rings. The van der Waals surface area contributed by atoms with Crippen LogP contribution in [0.1, 0.15) is 0 Å². The van der Waals surface area contributed by atoms with Gasteiger partial charge in [-0.3, -0.25) is 10.1 Å². The number of thiocarbonyl (C=S) groups is 1.